The van der Waals surface area contributed by atoms with Crippen molar-refractivity contribution in [2.24, 2.45) is 0 Å². The molecule has 8 heteroatoms. The molecule has 1 aromatic heterocycles. The summed E-state index contributed by atoms with van der Waals surface area (Å²) in [5, 5.41) is 26.7. The van der Waals surface area contributed by atoms with E-state index in [0.717, 1.165) is 4.90 Å². The van der Waals surface area contributed by atoms with Crippen molar-refractivity contribution in [3.05, 3.63) is 47.8 Å². The van der Waals surface area contributed by atoms with Gasteiger partial charge in [0.1, 0.15) is 24.5 Å². The zero-order valence-corrected chi connectivity index (χ0v) is 12.5. The second-order valence-corrected chi connectivity index (χ2v) is 4.70. The summed E-state index contributed by atoms with van der Waals surface area (Å²) in [6.45, 7) is -0.282. The molecule has 0 spiro atoms. The van der Waals surface area contributed by atoms with Gasteiger partial charge in [0.25, 0.3) is 0 Å². The van der Waals surface area contributed by atoms with Crippen molar-refractivity contribution < 1.29 is 9.18 Å². The fourth-order valence-electron chi connectivity index (χ4n) is 2.14. The molecule has 0 atom stereocenters. The van der Waals surface area contributed by atoms with Crippen LogP contribution in [0.25, 0.3) is 0 Å². The molecule has 7 nitrogen and oxygen atoms in total. The van der Waals surface area contributed by atoms with Crippen LogP contribution in [-0.4, -0.2) is 22.0 Å². The summed E-state index contributed by atoms with van der Waals surface area (Å²) in [7, 11) is 0. The van der Waals surface area contributed by atoms with Gasteiger partial charge in [-0.05, 0) is 12.1 Å². The molecule has 0 saturated heterocycles. The Morgan fingerprint density at radius 1 is 1.25 bits per heavy atom. The zero-order valence-electron chi connectivity index (χ0n) is 12.5. The minimum atomic E-state index is -0.590. The van der Waals surface area contributed by atoms with Gasteiger partial charge in [-0.3, -0.25) is 4.79 Å². The van der Waals surface area contributed by atoms with Crippen LogP contribution in [0.1, 0.15) is 17.8 Å². The maximum Gasteiger partial charge on any atom is 0.247 e. The van der Waals surface area contributed by atoms with Gasteiger partial charge in [-0.1, -0.05) is 12.1 Å². The van der Waals surface area contributed by atoms with Gasteiger partial charge in [0, 0.05) is 6.54 Å². The quantitative estimate of drug-likeness (QED) is 0.832. The molecule has 1 aromatic carbocycles. The van der Waals surface area contributed by atoms with Crippen LogP contribution < -0.4 is 4.90 Å². The van der Waals surface area contributed by atoms with Gasteiger partial charge < -0.3 is 9.47 Å². The molecule has 24 heavy (non-hydrogen) atoms. The minimum absolute atomic E-state index is 0.0119. The number of hydrogen-bond donors (Lipinski definition) is 0. The predicted molar refractivity (Wildman–Crippen MR) is 80.6 cm³/mol. The number of nitrogens with zero attached hydrogens (tertiary/aromatic N) is 6. The average Bonchev–Trinajstić information content (AvgIpc) is 2.98. The van der Waals surface area contributed by atoms with Crippen LogP contribution in [0.3, 0.4) is 0 Å². The molecule has 118 valence electrons. The molecular formula is C16H11FN6O. The van der Waals surface area contributed by atoms with Crippen molar-refractivity contribution >= 4 is 11.6 Å². The summed E-state index contributed by atoms with van der Waals surface area (Å²) in [6.07, 6.45) is 1.23. The van der Waals surface area contributed by atoms with E-state index in [9.17, 15) is 9.18 Å². The Morgan fingerprint density at radius 2 is 2.00 bits per heavy atom. The summed E-state index contributed by atoms with van der Waals surface area (Å²) in [5.74, 6) is -1.11. The lowest BCUT2D eigenvalue weighted by molar-refractivity contribution is -0.119. The lowest BCUT2D eigenvalue weighted by Crippen LogP contribution is -2.35. The highest BCUT2D eigenvalue weighted by Crippen LogP contribution is 2.20. The van der Waals surface area contributed by atoms with Gasteiger partial charge in [-0.2, -0.15) is 15.8 Å². The van der Waals surface area contributed by atoms with Crippen LogP contribution >= 0.6 is 0 Å². The third-order valence-corrected chi connectivity index (χ3v) is 3.25. The SMILES string of the molecule is N#CCCN(C(=O)Cn1cnc(C#N)c1C#N)c1ccccc1F. The molecule has 0 fully saturated rings. The Bertz CT molecular complexity index is 883. The van der Waals surface area contributed by atoms with Crippen molar-refractivity contribution in [2.75, 3.05) is 11.4 Å². The largest absolute Gasteiger partial charge is 0.312 e. The number of carbonyl (C=O) groups excluding carboxylic acids is 1. The van der Waals surface area contributed by atoms with E-state index in [1.165, 1.54) is 29.1 Å². The molecule has 0 radical (unpaired) electrons. The van der Waals surface area contributed by atoms with Crippen molar-refractivity contribution in [1.82, 2.24) is 9.55 Å². The van der Waals surface area contributed by atoms with Gasteiger partial charge in [0.05, 0.1) is 24.5 Å². The van der Waals surface area contributed by atoms with Crippen LogP contribution in [0.15, 0.2) is 30.6 Å². The van der Waals surface area contributed by atoms with Gasteiger partial charge in [0.15, 0.2) is 11.4 Å². The van der Waals surface area contributed by atoms with Gasteiger partial charge in [-0.15, -0.1) is 0 Å². The van der Waals surface area contributed by atoms with Gasteiger partial charge in [-0.25, -0.2) is 9.37 Å². The van der Waals surface area contributed by atoms with E-state index in [0.29, 0.717) is 0 Å². The van der Waals surface area contributed by atoms with E-state index in [-0.39, 0.29) is 36.6 Å². The number of amides is 1. The van der Waals surface area contributed by atoms with E-state index in [1.807, 2.05) is 12.1 Å². The van der Waals surface area contributed by atoms with Gasteiger partial charge in [0.2, 0.25) is 5.91 Å². The Kier molecular flexibility index (Phi) is 5.23. The lowest BCUT2D eigenvalue weighted by atomic mass is 10.2. The van der Waals surface area contributed by atoms with E-state index in [4.69, 9.17) is 15.8 Å². The number of rotatable bonds is 5. The Morgan fingerprint density at radius 3 is 2.62 bits per heavy atom. The molecule has 1 amide bonds. The summed E-state index contributed by atoms with van der Waals surface area (Å²) in [4.78, 5) is 17.4. The van der Waals surface area contributed by atoms with Crippen LogP contribution in [0.4, 0.5) is 10.1 Å². The molecule has 0 aliphatic carbocycles. The van der Waals surface area contributed by atoms with Crippen LogP contribution in [-0.2, 0) is 11.3 Å². The number of halogens is 1. The number of aromatic nitrogens is 2. The Hall–Kier alpha value is -3.70. The number of para-hydroxylation sites is 1. The first kappa shape index (κ1) is 16.7. The van der Waals surface area contributed by atoms with E-state index < -0.39 is 11.7 Å². The Balaban J connectivity index is 2.32. The number of carbonyl (C=O) groups is 1. The summed E-state index contributed by atoms with van der Waals surface area (Å²) in [6, 6.07) is 11.2. The highest BCUT2D eigenvalue weighted by atomic mass is 19.1. The summed E-state index contributed by atoms with van der Waals surface area (Å²) in [5.41, 5.74) is -0.0729. The summed E-state index contributed by atoms with van der Waals surface area (Å²) >= 11 is 0. The normalized spacial score (nSPS) is 9.58. The van der Waals surface area contributed by atoms with Crippen molar-refractivity contribution in [3.63, 3.8) is 0 Å². The second-order valence-electron chi connectivity index (χ2n) is 4.70. The van der Waals surface area contributed by atoms with E-state index in [2.05, 4.69) is 4.98 Å². The molecule has 1 heterocycles. The first-order chi connectivity index (χ1) is 11.6. The van der Waals surface area contributed by atoms with Crippen LogP contribution in [0, 0.1) is 39.8 Å². The molecule has 0 N–H and O–H groups in total. The maximum atomic E-state index is 14.0. The standard InChI is InChI=1S/C16H11FN6O/c17-12-4-1-2-5-14(12)23(7-3-6-18)16(24)10-22-11-21-13(8-19)15(22)9-20/h1-2,4-5,11H,3,7,10H2. The third-order valence-electron chi connectivity index (χ3n) is 3.25. The number of imidazole rings is 1. The molecular weight excluding hydrogens is 311 g/mol. The van der Waals surface area contributed by atoms with E-state index in [1.54, 1.807) is 12.1 Å². The molecule has 0 bridgehead atoms. The minimum Gasteiger partial charge on any atom is -0.312 e. The molecule has 2 rings (SSSR count). The summed E-state index contributed by atoms with van der Waals surface area (Å²) < 4.78 is 15.2. The number of benzene rings is 1. The fourth-order valence-corrected chi connectivity index (χ4v) is 2.14. The fraction of sp³-hybridized carbons (Fsp3) is 0.188. The third kappa shape index (κ3) is 3.37. The number of anilines is 1. The molecule has 2 aromatic rings. The highest BCUT2D eigenvalue weighted by molar-refractivity contribution is 5.93. The molecule has 0 aliphatic heterocycles. The topological polar surface area (TPSA) is 110 Å². The number of nitriles is 3. The monoisotopic (exact) mass is 322 g/mol. The van der Waals surface area contributed by atoms with Crippen molar-refractivity contribution in [3.8, 4) is 18.2 Å². The first-order valence-corrected chi connectivity index (χ1v) is 6.89. The molecule has 0 saturated carbocycles. The van der Waals surface area contributed by atoms with Crippen LogP contribution in [0.2, 0.25) is 0 Å². The van der Waals surface area contributed by atoms with E-state index >= 15 is 0 Å². The second kappa shape index (κ2) is 7.53. The average molecular weight is 322 g/mol. The number of hydrogen-bond acceptors (Lipinski definition) is 5. The molecule has 0 unspecified atom stereocenters. The highest BCUT2D eigenvalue weighted by Gasteiger charge is 2.21. The molecule has 0 aliphatic rings. The van der Waals surface area contributed by atoms with Crippen LogP contribution in [0.5, 0.6) is 0 Å². The Labute approximate surface area is 137 Å². The first-order valence-electron chi connectivity index (χ1n) is 6.89. The van der Waals surface area contributed by atoms with Gasteiger partial charge >= 0.3 is 0 Å². The zero-order chi connectivity index (χ0) is 17.5. The van der Waals surface area contributed by atoms with Crippen molar-refractivity contribution in [2.45, 2.75) is 13.0 Å². The maximum absolute atomic E-state index is 14.0. The smallest absolute Gasteiger partial charge is 0.247 e. The van der Waals surface area contributed by atoms with Crippen molar-refractivity contribution in [1.29, 1.82) is 15.8 Å². The lowest BCUT2D eigenvalue weighted by Gasteiger charge is -2.22. The predicted octanol–water partition coefficient (Wildman–Crippen LogP) is 1.71.